The van der Waals surface area contributed by atoms with E-state index in [-0.39, 0.29) is 16.7 Å². The Kier molecular flexibility index (Phi) is 5.65. The third-order valence-corrected chi connectivity index (χ3v) is 4.14. The van der Waals surface area contributed by atoms with E-state index in [4.69, 9.17) is 15.4 Å². The Morgan fingerprint density at radius 1 is 1.40 bits per heavy atom. The molecule has 0 saturated heterocycles. The number of ether oxygens (including phenoxy) is 1. The van der Waals surface area contributed by atoms with E-state index in [1.807, 2.05) is 20.8 Å². The second-order valence-electron chi connectivity index (χ2n) is 5.13. The topological polar surface area (TPSA) is 65.4 Å². The van der Waals surface area contributed by atoms with Gasteiger partial charge in [0.1, 0.15) is 10.6 Å². The van der Waals surface area contributed by atoms with Gasteiger partial charge in [0.05, 0.1) is 6.10 Å². The van der Waals surface area contributed by atoms with Crippen LogP contribution in [0, 0.1) is 5.92 Å². The number of esters is 1. The van der Waals surface area contributed by atoms with E-state index < -0.39 is 15.0 Å². The first-order chi connectivity index (χ1) is 9.15. The van der Waals surface area contributed by atoms with Crippen LogP contribution in [-0.2, 0) is 20.3 Å². The van der Waals surface area contributed by atoms with Crippen LogP contribution >= 0.6 is 10.7 Å². The minimum absolute atomic E-state index is 0.0931. The van der Waals surface area contributed by atoms with E-state index in [1.165, 1.54) is 16.8 Å². The van der Waals surface area contributed by atoms with E-state index in [2.05, 4.69) is 0 Å². The van der Waals surface area contributed by atoms with Gasteiger partial charge < -0.3 is 9.30 Å². The lowest BCUT2D eigenvalue weighted by molar-refractivity contribution is 0.0287. The van der Waals surface area contributed by atoms with Crippen molar-refractivity contribution >= 4 is 25.7 Å². The summed E-state index contributed by atoms with van der Waals surface area (Å²) in [5, 5.41) is 0. The van der Waals surface area contributed by atoms with Crippen LogP contribution in [0.1, 0.15) is 44.6 Å². The average molecular weight is 322 g/mol. The van der Waals surface area contributed by atoms with E-state index >= 15 is 0 Å². The molecule has 0 amide bonds. The Bertz CT molecular complexity index is 577. The van der Waals surface area contributed by atoms with Crippen LogP contribution in [0.25, 0.3) is 0 Å². The lowest BCUT2D eigenvalue weighted by Crippen LogP contribution is -2.19. The van der Waals surface area contributed by atoms with Crippen molar-refractivity contribution in [2.75, 3.05) is 0 Å². The van der Waals surface area contributed by atoms with E-state index in [0.29, 0.717) is 12.5 Å². The van der Waals surface area contributed by atoms with Crippen molar-refractivity contribution in [3.05, 3.63) is 18.0 Å². The fraction of sp³-hybridized carbons (Fsp3) is 0.615. The molecule has 7 heteroatoms. The summed E-state index contributed by atoms with van der Waals surface area (Å²) in [7, 11) is 1.43. The lowest BCUT2D eigenvalue weighted by atomic mass is 10.1. The molecule has 1 unspecified atom stereocenters. The van der Waals surface area contributed by atoms with E-state index in [9.17, 15) is 13.2 Å². The summed E-state index contributed by atoms with van der Waals surface area (Å²) in [5.41, 5.74) is 0.197. The van der Waals surface area contributed by atoms with Gasteiger partial charge in [0, 0.05) is 23.4 Å². The molecule has 1 atom stereocenters. The van der Waals surface area contributed by atoms with Gasteiger partial charge in [-0.25, -0.2) is 13.2 Å². The molecule has 0 saturated carbocycles. The predicted molar refractivity (Wildman–Crippen MR) is 77.5 cm³/mol. The smallest absolute Gasteiger partial charge is 0.355 e. The summed E-state index contributed by atoms with van der Waals surface area (Å²) in [6.45, 7) is 8.15. The molecule has 0 aliphatic heterocycles. The zero-order valence-electron chi connectivity index (χ0n) is 12.1. The molecule has 1 aromatic rings. The number of rotatable bonds is 6. The van der Waals surface area contributed by atoms with Gasteiger partial charge in [0.15, 0.2) is 0 Å². The van der Waals surface area contributed by atoms with Gasteiger partial charge in [0.25, 0.3) is 9.05 Å². The number of hydrogen-bond acceptors (Lipinski definition) is 4. The molecule has 0 aliphatic rings. The SMILES string of the molecule is CCn1cc(S(=O)(=O)Cl)cc1C(=O)OC(C)CC(C)C. The minimum Gasteiger partial charge on any atom is -0.458 e. The Labute approximate surface area is 124 Å². The highest BCUT2D eigenvalue weighted by atomic mass is 35.7. The summed E-state index contributed by atoms with van der Waals surface area (Å²) in [5.74, 6) is -0.124. The molecule has 0 fully saturated rings. The Balaban J connectivity index is 2.95. The highest BCUT2D eigenvalue weighted by Gasteiger charge is 2.22. The van der Waals surface area contributed by atoms with Crippen LogP contribution in [0.2, 0.25) is 0 Å². The molecule has 0 aromatic carbocycles. The van der Waals surface area contributed by atoms with E-state index in [1.54, 1.807) is 6.92 Å². The number of aromatic nitrogens is 1. The first-order valence-electron chi connectivity index (χ1n) is 6.51. The van der Waals surface area contributed by atoms with Gasteiger partial charge in [-0.1, -0.05) is 13.8 Å². The number of carbonyl (C=O) groups is 1. The number of carbonyl (C=O) groups excluding carboxylic acids is 1. The second kappa shape index (κ2) is 6.63. The van der Waals surface area contributed by atoms with Gasteiger partial charge >= 0.3 is 5.97 Å². The Morgan fingerprint density at radius 2 is 2.00 bits per heavy atom. The monoisotopic (exact) mass is 321 g/mol. The molecule has 0 radical (unpaired) electrons. The lowest BCUT2D eigenvalue weighted by Gasteiger charge is -2.15. The minimum atomic E-state index is -3.85. The highest BCUT2D eigenvalue weighted by molar-refractivity contribution is 8.13. The maximum atomic E-state index is 12.1. The first-order valence-corrected chi connectivity index (χ1v) is 8.81. The molecule has 5 nitrogen and oxygen atoms in total. The van der Waals surface area contributed by atoms with Crippen molar-refractivity contribution < 1.29 is 17.9 Å². The summed E-state index contributed by atoms with van der Waals surface area (Å²) < 4.78 is 29.4. The fourth-order valence-electron chi connectivity index (χ4n) is 2.00. The molecular weight excluding hydrogens is 302 g/mol. The zero-order valence-corrected chi connectivity index (χ0v) is 13.7. The second-order valence-corrected chi connectivity index (χ2v) is 7.70. The third kappa shape index (κ3) is 4.52. The van der Waals surface area contributed by atoms with Crippen LogP contribution in [0.3, 0.4) is 0 Å². The summed E-state index contributed by atoms with van der Waals surface area (Å²) in [4.78, 5) is 12.0. The van der Waals surface area contributed by atoms with Crippen LogP contribution in [-0.4, -0.2) is 25.1 Å². The van der Waals surface area contributed by atoms with Crippen molar-refractivity contribution in [2.45, 2.75) is 51.7 Å². The molecule has 20 heavy (non-hydrogen) atoms. The molecule has 0 bridgehead atoms. The Morgan fingerprint density at radius 3 is 2.45 bits per heavy atom. The summed E-state index contributed by atoms with van der Waals surface area (Å²) >= 11 is 0. The normalized spacial score (nSPS) is 13.5. The molecule has 0 spiro atoms. The van der Waals surface area contributed by atoms with Crippen LogP contribution in [0.15, 0.2) is 17.2 Å². The average Bonchev–Trinajstić information content (AvgIpc) is 2.70. The number of hydrogen-bond donors (Lipinski definition) is 0. The maximum absolute atomic E-state index is 12.1. The van der Waals surface area contributed by atoms with Gasteiger partial charge in [-0.2, -0.15) is 0 Å². The van der Waals surface area contributed by atoms with Gasteiger partial charge in [-0.05, 0) is 32.3 Å². The number of nitrogens with zero attached hydrogens (tertiary/aromatic N) is 1. The quantitative estimate of drug-likeness (QED) is 0.596. The fourth-order valence-corrected chi connectivity index (χ4v) is 2.76. The Hall–Kier alpha value is -1.01. The standard InChI is InChI=1S/C13H20ClNO4S/c1-5-15-8-11(20(14,17)18)7-12(15)13(16)19-10(4)6-9(2)3/h7-10H,5-6H2,1-4H3. The van der Waals surface area contributed by atoms with Crippen molar-refractivity contribution in [1.29, 1.82) is 0 Å². The van der Waals surface area contributed by atoms with Gasteiger partial charge in [-0.3, -0.25) is 0 Å². The molecule has 1 aromatic heterocycles. The molecule has 114 valence electrons. The molecular formula is C13H20ClNO4S. The largest absolute Gasteiger partial charge is 0.458 e. The first kappa shape index (κ1) is 17.0. The zero-order chi connectivity index (χ0) is 15.5. The predicted octanol–water partition coefficient (Wildman–Crippen LogP) is 3.03. The maximum Gasteiger partial charge on any atom is 0.355 e. The van der Waals surface area contributed by atoms with Gasteiger partial charge in [-0.15, -0.1) is 0 Å². The van der Waals surface area contributed by atoms with Crippen LogP contribution < -0.4 is 0 Å². The molecule has 1 rings (SSSR count). The van der Waals surface area contributed by atoms with E-state index in [0.717, 1.165) is 6.42 Å². The van der Waals surface area contributed by atoms with Crippen molar-refractivity contribution in [3.8, 4) is 0 Å². The molecule has 0 aliphatic carbocycles. The van der Waals surface area contributed by atoms with Crippen molar-refractivity contribution in [2.24, 2.45) is 5.92 Å². The highest BCUT2D eigenvalue weighted by Crippen LogP contribution is 2.20. The third-order valence-electron chi connectivity index (χ3n) is 2.81. The molecule has 0 N–H and O–H groups in total. The van der Waals surface area contributed by atoms with Crippen molar-refractivity contribution in [3.63, 3.8) is 0 Å². The van der Waals surface area contributed by atoms with Crippen molar-refractivity contribution in [1.82, 2.24) is 4.57 Å². The van der Waals surface area contributed by atoms with Crippen LogP contribution in [0.5, 0.6) is 0 Å². The molecule has 1 heterocycles. The van der Waals surface area contributed by atoms with Crippen LogP contribution in [0.4, 0.5) is 0 Å². The number of aryl methyl sites for hydroxylation is 1. The van der Waals surface area contributed by atoms with Gasteiger partial charge in [0.2, 0.25) is 0 Å². The number of halogens is 1. The summed E-state index contributed by atoms with van der Waals surface area (Å²) in [6, 6.07) is 1.25. The summed E-state index contributed by atoms with van der Waals surface area (Å²) in [6.07, 6.45) is 1.87.